The summed E-state index contributed by atoms with van der Waals surface area (Å²) < 4.78 is 0. The lowest BCUT2D eigenvalue weighted by Gasteiger charge is -2.18. The summed E-state index contributed by atoms with van der Waals surface area (Å²) in [4.78, 5) is 6.11. The lowest BCUT2D eigenvalue weighted by molar-refractivity contribution is 0.471. The van der Waals surface area contributed by atoms with Gasteiger partial charge in [-0.3, -0.25) is 21.7 Å². The summed E-state index contributed by atoms with van der Waals surface area (Å²) in [6.45, 7) is 1.77. The number of nitrogens with zero attached hydrogens (tertiary/aromatic N) is 3. The molecule has 3 rings (SSSR count). The van der Waals surface area contributed by atoms with Gasteiger partial charge in [-0.15, -0.1) is 0 Å². The molecule has 23 heavy (non-hydrogen) atoms. The average Bonchev–Trinajstić information content (AvgIpc) is 3.24. The van der Waals surface area contributed by atoms with E-state index in [9.17, 15) is 5.11 Å². The summed E-state index contributed by atoms with van der Waals surface area (Å²) in [6, 6.07) is 1.52. The molecule has 1 saturated heterocycles. The van der Waals surface area contributed by atoms with Crippen LogP contribution in [-0.4, -0.2) is 39.6 Å². The molecule has 0 saturated carbocycles. The van der Waals surface area contributed by atoms with Crippen LogP contribution in [0.4, 0.5) is 5.69 Å². The molecule has 8 nitrogen and oxygen atoms in total. The van der Waals surface area contributed by atoms with Crippen LogP contribution in [0.1, 0.15) is 18.5 Å². The minimum absolute atomic E-state index is 0.0680. The Bertz CT molecular complexity index is 668. The third-order valence-electron chi connectivity index (χ3n) is 3.71. The minimum atomic E-state index is -0.0830. The number of hydrogen-bond acceptors (Lipinski definition) is 7. The Labute approximate surface area is 134 Å². The number of nitrogens with one attached hydrogen (secondary N) is 4. The lowest BCUT2D eigenvalue weighted by Crippen LogP contribution is -2.37. The number of allylic oxidation sites excluding steroid dienone is 1. The second-order valence-corrected chi connectivity index (χ2v) is 5.31. The van der Waals surface area contributed by atoms with Crippen molar-refractivity contribution in [2.24, 2.45) is 0 Å². The molecule has 120 valence electrons. The molecule has 0 aliphatic carbocycles. The maximum absolute atomic E-state index is 10.1. The van der Waals surface area contributed by atoms with Crippen molar-refractivity contribution in [2.75, 3.05) is 18.2 Å². The van der Waals surface area contributed by atoms with E-state index >= 15 is 0 Å². The van der Waals surface area contributed by atoms with E-state index in [4.69, 9.17) is 10.8 Å². The van der Waals surface area contributed by atoms with Crippen LogP contribution < -0.4 is 16.0 Å². The highest BCUT2D eigenvalue weighted by Gasteiger charge is 2.15. The van der Waals surface area contributed by atoms with Crippen LogP contribution >= 0.6 is 0 Å². The quantitative estimate of drug-likeness (QED) is 0.420. The van der Waals surface area contributed by atoms with Crippen LogP contribution in [0, 0.1) is 10.8 Å². The monoisotopic (exact) mass is 313 g/mol. The van der Waals surface area contributed by atoms with Gasteiger partial charge < -0.3 is 10.0 Å². The third-order valence-corrected chi connectivity index (χ3v) is 3.71. The van der Waals surface area contributed by atoms with Crippen molar-refractivity contribution >= 4 is 17.2 Å². The zero-order chi connectivity index (χ0) is 16.2. The number of aromatic nitrogens is 1. The molecule has 0 aromatic carbocycles. The molecule has 2 aliphatic rings. The van der Waals surface area contributed by atoms with Gasteiger partial charge in [0.1, 0.15) is 23.0 Å². The Morgan fingerprint density at radius 1 is 1.17 bits per heavy atom. The molecule has 0 unspecified atom stereocenters. The molecule has 5 N–H and O–H groups in total. The van der Waals surface area contributed by atoms with Crippen molar-refractivity contribution in [3.63, 3.8) is 0 Å². The van der Waals surface area contributed by atoms with Crippen molar-refractivity contribution in [3.8, 4) is 5.75 Å². The Kier molecular flexibility index (Phi) is 4.13. The molecule has 2 aliphatic heterocycles. The van der Waals surface area contributed by atoms with E-state index < -0.39 is 0 Å². The van der Waals surface area contributed by atoms with Gasteiger partial charge in [-0.1, -0.05) is 0 Å². The predicted molar refractivity (Wildman–Crippen MR) is 88.3 cm³/mol. The SMILES string of the molecule is N=C(/C=C\C(=N)N1CCCC1)c1ncc(N2NC=CN2)cc1O. The topological polar surface area (TPSA) is 111 Å². The molecule has 0 amide bonds. The second-order valence-electron chi connectivity index (χ2n) is 5.31. The number of hydrogen-bond donors (Lipinski definition) is 5. The molecule has 1 fully saturated rings. The standard InChI is InChI=1S/C15H19N7O/c16-12(3-4-14(17)21-7-1-2-8-21)15-13(23)9-11(10-18-15)22-19-5-6-20-22/h3-6,9-10,16-17,19-20,23H,1-2,7-8H2/b4-3-,16-12?,17-14?. The Hall–Kier alpha value is -3.03. The van der Waals surface area contributed by atoms with Gasteiger partial charge in [-0.05, 0) is 25.0 Å². The van der Waals surface area contributed by atoms with Crippen LogP contribution in [0.3, 0.4) is 0 Å². The van der Waals surface area contributed by atoms with E-state index in [1.165, 1.54) is 12.1 Å². The Morgan fingerprint density at radius 2 is 1.87 bits per heavy atom. The van der Waals surface area contributed by atoms with Crippen LogP contribution in [0.15, 0.2) is 36.8 Å². The van der Waals surface area contributed by atoms with E-state index in [-0.39, 0.29) is 17.2 Å². The Morgan fingerprint density at radius 3 is 2.52 bits per heavy atom. The number of hydrazine groups is 2. The first-order chi connectivity index (χ1) is 11.1. The highest BCUT2D eigenvalue weighted by atomic mass is 16.3. The largest absolute Gasteiger partial charge is 0.506 e. The van der Waals surface area contributed by atoms with Crippen LogP contribution in [-0.2, 0) is 0 Å². The number of likely N-dealkylation sites (tertiary alicyclic amines) is 1. The van der Waals surface area contributed by atoms with Crippen molar-refractivity contribution in [2.45, 2.75) is 12.8 Å². The number of amidine groups is 1. The van der Waals surface area contributed by atoms with E-state index in [2.05, 4.69) is 15.8 Å². The molecule has 8 heteroatoms. The van der Waals surface area contributed by atoms with Gasteiger partial charge in [0, 0.05) is 31.6 Å². The third kappa shape index (κ3) is 3.25. The maximum Gasteiger partial charge on any atom is 0.145 e. The first-order valence-corrected chi connectivity index (χ1v) is 7.42. The van der Waals surface area contributed by atoms with Gasteiger partial charge in [-0.25, -0.2) is 4.98 Å². The highest BCUT2D eigenvalue weighted by Crippen LogP contribution is 2.22. The highest BCUT2D eigenvalue weighted by molar-refractivity contribution is 6.10. The molecule has 1 aromatic heterocycles. The molecule has 1 aromatic rings. The van der Waals surface area contributed by atoms with Gasteiger partial charge >= 0.3 is 0 Å². The van der Waals surface area contributed by atoms with E-state index in [0.29, 0.717) is 11.5 Å². The summed E-state index contributed by atoms with van der Waals surface area (Å²) in [5.41, 5.74) is 6.70. The van der Waals surface area contributed by atoms with Gasteiger partial charge in [-0.2, -0.15) is 5.12 Å². The smallest absolute Gasteiger partial charge is 0.145 e. The number of anilines is 1. The normalized spacial score (nSPS) is 16.7. The van der Waals surface area contributed by atoms with E-state index in [0.717, 1.165) is 25.9 Å². The van der Waals surface area contributed by atoms with Gasteiger partial charge in [0.25, 0.3) is 0 Å². The number of aromatic hydroxyl groups is 1. The zero-order valence-corrected chi connectivity index (χ0v) is 12.6. The molecule has 0 bridgehead atoms. The zero-order valence-electron chi connectivity index (χ0n) is 12.6. The summed E-state index contributed by atoms with van der Waals surface area (Å²) in [5, 5.41) is 27.7. The van der Waals surface area contributed by atoms with Crippen LogP contribution in [0.25, 0.3) is 0 Å². The molecule has 0 spiro atoms. The van der Waals surface area contributed by atoms with Gasteiger partial charge in [0.2, 0.25) is 0 Å². The van der Waals surface area contributed by atoms with Gasteiger partial charge in [0.05, 0.1) is 11.9 Å². The molecular formula is C15H19N7O. The molecule has 0 atom stereocenters. The molecule has 3 heterocycles. The van der Waals surface area contributed by atoms with E-state index in [1.807, 2.05) is 4.90 Å². The van der Waals surface area contributed by atoms with Gasteiger partial charge in [0.15, 0.2) is 0 Å². The van der Waals surface area contributed by atoms with E-state index in [1.54, 1.807) is 29.8 Å². The fourth-order valence-corrected chi connectivity index (χ4v) is 2.49. The second kappa shape index (κ2) is 6.39. The molecular weight excluding hydrogens is 294 g/mol. The lowest BCUT2D eigenvalue weighted by atomic mass is 10.2. The summed E-state index contributed by atoms with van der Waals surface area (Å²) in [6.07, 6.45) is 10.2. The Balaban J connectivity index is 1.68. The van der Waals surface area contributed by atoms with Crippen molar-refractivity contribution in [3.05, 3.63) is 42.5 Å². The van der Waals surface area contributed by atoms with Crippen LogP contribution in [0.5, 0.6) is 5.75 Å². The van der Waals surface area contributed by atoms with Crippen LogP contribution in [0.2, 0.25) is 0 Å². The number of rotatable bonds is 4. The summed E-state index contributed by atoms with van der Waals surface area (Å²) in [7, 11) is 0. The number of pyridine rings is 1. The first kappa shape index (κ1) is 14.9. The average molecular weight is 313 g/mol. The van der Waals surface area contributed by atoms with Crippen molar-refractivity contribution < 1.29 is 5.11 Å². The fraction of sp³-hybridized carbons (Fsp3) is 0.267. The summed E-state index contributed by atoms with van der Waals surface area (Å²) in [5.74, 6) is 0.306. The minimum Gasteiger partial charge on any atom is -0.506 e. The predicted octanol–water partition coefficient (Wildman–Crippen LogP) is 1.08. The van der Waals surface area contributed by atoms with Crippen molar-refractivity contribution in [1.29, 1.82) is 10.8 Å². The molecule has 0 radical (unpaired) electrons. The fourth-order valence-electron chi connectivity index (χ4n) is 2.49. The summed E-state index contributed by atoms with van der Waals surface area (Å²) >= 11 is 0. The first-order valence-electron chi connectivity index (χ1n) is 7.42. The maximum atomic E-state index is 10.1. The van der Waals surface area contributed by atoms with Crippen molar-refractivity contribution in [1.82, 2.24) is 20.7 Å².